The molecule has 0 radical (unpaired) electrons. The highest BCUT2D eigenvalue weighted by molar-refractivity contribution is 4.84. The largest absolute Gasteiger partial charge is 0.395 e. The van der Waals surface area contributed by atoms with Crippen LogP contribution in [-0.2, 0) is 0 Å². The molecule has 1 aliphatic carbocycles. The zero-order valence-electron chi connectivity index (χ0n) is 8.21. The first-order valence-corrected chi connectivity index (χ1v) is 5.45. The van der Waals surface area contributed by atoms with E-state index in [0.717, 1.165) is 25.6 Å². The van der Waals surface area contributed by atoms with Gasteiger partial charge in [0.25, 0.3) is 0 Å². The first-order chi connectivity index (χ1) is 6.38. The molecule has 1 unspecified atom stereocenters. The van der Waals surface area contributed by atoms with Gasteiger partial charge in [-0.3, -0.25) is 4.90 Å². The molecule has 0 aromatic rings. The topological polar surface area (TPSA) is 35.5 Å². The van der Waals surface area contributed by atoms with E-state index in [4.69, 9.17) is 5.11 Å². The number of hydrogen-bond acceptors (Lipinski definition) is 3. The molecule has 0 amide bonds. The Bertz CT molecular complexity index is 159. The molecule has 1 atom stereocenters. The Morgan fingerprint density at radius 2 is 2.15 bits per heavy atom. The van der Waals surface area contributed by atoms with Gasteiger partial charge in [0.15, 0.2) is 0 Å². The van der Waals surface area contributed by atoms with Crippen molar-refractivity contribution in [1.29, 1.82) is 0 Å². The van der Waals surface area contributed by atoms with E-state index in [1.807, 2.05) is 0 Å². The molecule has 0 spiro atoms. The third kappa shape index (κ3) is 2.93. The van der Waals surface area contributed by atoms with E-state index in [9.17, 15) is 0 Å². The van der Waals surface area contributed by atoms with Crippen molar-refractivity contribution in [2.24, 2.45) is 5.92 Å². The standard InChI is InChI=1S/C10H20N2O/c13-6-5-12-4-3-10(8-12)11-7-9-1-2-9/h9-11,13H,1-8H2. The summed E-state index contributed by atoms with van der Waals surface area (Å²) in [6.07, 6.45) is 4.12. The molecule has 2 aliphatic rings. The number of hydrogen-bond donors (Lipinski definition) is 2. The van der Waals surface area contributed by atoms with Crippen molar-refractivity contribution in [3.05, 3.63) is 0 Å². The summed E-state index contributed by atoms with van der Waals surface area (Å²) in [5, 5.41) is 12.4. The molecule has 3 heteroatoms. The summed E-state index contributed by atoms with van der Waals surface area (Å²) < 4.78 is 0. The Balaban J connectivity index is 1.59. The van der Waals surface area contributed by atoms with Gasteiger partial charge in [-0.05, 0) is 38.3 Å². The SMILES string of the molecule is OCCN1CCC(NCC2CC2)C1. The lowest BCUT2D eigenvalue weighted by molar-refractivity contribution is 0.218. The van der Waals surface area contributed by atoms with Gasteiger partial charge in [-0.2, -0.15) is 0 Å². The average molecular weight is 184 g/mol. The highest BCUT2D eigenvalue weighted by Crippen LogP contribution is 2.28. The second kappa shape index (κ2) is 4.40. The fraction of sp³-hybridized carbons (Fsp3) is 1.00. The van der Waals surface area contributed by atoms with Crippen LogP contribution in [0.4, 0.5) is 0 Å². The lowest BCUT2D eigenvalue weighted by atomic mass is 10.2. The summed E-state index contributed by atoms with van der Waals surface area (Å²) in [4.78, 5) is 2.34. The van der Waals surface area contributed by atoms with Crippen LogP contribution in [0.5, 0.6) is 0 Å². The molecule has 2 rings (SSSR count). The second-order valence-corrected chi connectivity index (χ2v) is 4.36. The molecule has 0 aromatic heterocycles. The molecule has 0 aromatic carbocycles. The van der Waals surface area contributed by atoms with Crippen molar-refractivity contribution >= 4 is 0 Å². The number of β-amino-alcohol motifs (C(OH)–C–C–N with tert-alkyl or cyclic N) is 1. The maximum atomic E-state index is 8.78. The van der Waals surface area contributed by atoms with Crippen LogP contribution in [0.3, 0.4) is 0 Å². The van der Waals surface area contributed by atoms with E-state index in [-0.39, 0.29) is 0 Å². The number of nitrogens with one attached hydrogen (secondary N) is 1. The van der Waals surface area contributed by atoms with E-state index < -0.39 is 0 Å². The third-order valence-corrected chi connectivity index (χ3v) is 3.08. The van der Waals surface area contributed by atoms with E-state index in [1.54, 1.807) is 0 Å². The van der Waals surface area contributed by atoms with Crippen LogP contribution >= 0.6 is 0 Å². The summed E-state index contributed by atoms with van der Waals surface area (Å²) >= 11 is 0. The molecule has 0 bridgehead atoms. The summed E-state index contributed by atoms with van der Waals surface area (Å²) in [5.74, 6) is 0.979. The summed E-state index contributed by atoms with van der Waals surface area (Å²) in [6.45, 7) is 4.66. The monoisotopic (exact) mass is 184 g/mol. The van der Waals surface area contributed by atoms with Crippen LogP contribution < -0.4 is 5.32 Å². The molecule has 2 N–H and O–H groups in total. The predicted octanol–water partition coefficient (Wildman–Crippen LogP) is 0.0526. The second-order valence-electron chi connectivity index (χ2n) is 4.36. The van der Waals surface area contributed by atoms with Crippen molar-refractivity contribution in [2.75, 3.05) is 32.8 Å². The van der Waals surface area contributed by atoms with Crippen LogP contribution in [0.15, 0.2) is 0 Å². The van der Waals surface area contributed by atoms with Crippen LogP contribution in [0, 0.1) is 5.92 Å². The Labute approximate surface area is 80.1 Å². The zero-order valence-corrected chi connectivity index (χ0v) is 8.21. The summed E-state index contributed by atoms with van der Waals surface area (Å²) in [5.41, 5.74) is 0. The van der Waals surface area contributed by atoms with Crippen LogP contribution in [0.2, 0.25) is 0 Å². The van der Waals surface area contributed by atoms with Crippen LogP contribution in [-0.4, -0.2) is 48.8 Å². The normalized spacial score (nSPS) is 29.8. The lowest BCUT2D eigenvalue weighted by Gasteiger charge is -2.14. The zero-order chi connectivity index (χ0) is 9.10. The Kier molecular flexibility index (Phi) is 3.19. The molecule has 2 fully saturated rings. The molecular formula is C10H20N2O. The van der Waals surface area contributed by atoms with E-state index in [2.05, 4.69) is 10.2 Å². The van der Waals surface area contributed by atoms with E-state index in [1.165, 1.54) is 25.8 Å². The smallest absolute Gasteiger partial charge is 0.0558 e. The van der Waals surface area contributed by atoms with Gasteiger partial charge in [-0.25, -0.2) is 0 Å². The van der Waals surface area contributed by atoms with Gasteiger partial charge in [0.1, 0.15) is 0 Å². The maximum absolute atomic E-state index is 8.78. The van der Waals surface area contributed by atoms with Crippen LogP contribution in [0.25, 0.3) is 0 Å². The molecule has 1 saturated heterocycles. The molecule has 1 heterocycles. The summed E-state index contributed by atoms with van der Waals surface area (Å²) in [7, 11) is 0. The number of rotatable bonds is 5. The van der Waals surface area contributed by atoms with Crippen molar-refractivity contribution in [1.82, 2.24) is 10.2 Å². The van der Waals surface area contributed by atoms with Crippen molar-refractivity contribution in [3.8, 4) is 0 Å². The molecule has 13 heavy (non-hydrogen) atoms. The molecular weight excluding hydrogens is 164 g/mol. The van der Waals surface area contributed by atoms with Crippen LogP contribution in [0.1, 0.15) is 19.3 Å². The fourth-order valence-corrected chi connectivity index (χ4v) is 2.00. The number of aliphatic hydroxyl groups is 1. The molecule has 3 nitrogen and oxygen atoms in total. The van der Waals surface area contributed by atoms with Gasteiger partial charge < -0.3 is 10.4 Å². The number of aliphatic hydroxyl groups excluding tert-OH is 1. The Hall–Kier alpha value is -0.120. The van der Waals surface area contributed by atoms with Crippen molar-refractivity contribution < 1.29 is 5.11 Å². The van der Waals surface area contributed by atoms with Crippen molar-refractivity contribution in [3.63, 3.8) is 0 Å². The van der Waals surface area contributed by atoms with Gasteiger partial charge in [-0.15, -0.1) is 0 Å². The van der Waals surface area contributed by atoms with Gasteiger partial charge in [0.2, 0.25) is 0 Å². The van der Waals surface area contributed by atoms with Crippen molar-refractivity contribution in [2.45, 2.75) is 25.3 Å². The first-order valence-electron chi connectivity index (χ1n) is 5.45. The number of likely N-dealkylation sites (tertiary alicyclic amines) is 1. The molecule has 1 aliphatic heterocycles. The van der Waals surface area contributed by atoms with E-state index >= 15 is 0 Å². The Morgan fingerprint density at radius 3 is 2.85 bits per heavy atom. The first kappa shape index (κ1) is 9.44. The molecule has 1 saturated carbocycles. The minimum absolute atomic E-state index is 0.301. The van der Waals surface area contributed by atoms with Gasteiger partial charge in [-0.1, -0.05) is 0 Å². The van der Waals surface area contributed by atoms with E-state index in [0.29, 0.717) is 12.6 Å². The highest BCUT2D eigenvalue weighted by atomic mass is 16.3. The highest BCUT2D eigenvalue weighted by Gasteiger charge is 2.25. The van der Waals surface area contributed by atoms with Gasteiger partial charge in [0, 0.05) is 19.1 Å². The third-order valence-electron chi connectivity index (χ3n) is 3.08. The lowest BCUT2D eigenvalue weighted by Crippen LogP contribution is -2.34. The quantitative estimate of drug-likeness (QED) is 0.634. The Morgan fingerprint density at radius 1 is 1.31 bits per heavy atom. The average Bonchev–Trinajstić information content (AvgIpc) is 2.85. The maximum Gasteiger partial charge on any atom is 0.0558 e. The fourth-order valence-electron chi connectivity index (χ4n) is 2.00. The molecule has 76 valence electrons. The van der Waals surface area contributed by atoms with Gasteiger partial charge >= 0.3 is 0 Å². The predicted molar refractivity (Wildman–Crippen MR) is 52.7 cm³/mol. The minimum atomic E-state index is 0.301. The number of nitrogens with zero attached hydrogens (tertiary/aromatic N) is 1. The van der Waals surface area contributed by atoms with Gasteiger partial charge in [0.05, 0.1) is 6.61 Å². The minimum Gasteiger partial charge on any atom is -0.395 e. The summed E-state index contributed by atoms with van der Waals surface area (Å²) in [6, 6.07) is 0.687.